The molecule has 6 nitrogen and oxygen atoms in total. The van der Waals surface area contributed by atoms with Gasteiger partial charge in [0.05, 0.1) is 12.0 Å². The zero-order valence-electron chi connectivity index (χ0n) is 11.6. The highest BCUT2D eigenvalue weighted by Crippen LogP contribution is 2.22. The Bertz CT molecular complexity index is 682. The summed E-state index contributed by atoms with van der Waals surface area (Å²) in [5.74, 6) is -1.65. The van der Waals surface area contributed by atoms with Crippen LogP contribution in [0.15, 0.2) is 41.8 Å². The third kappa shape index (κ3) is 4.42. The van der Waals surface area contributed by atoms with Gasteiger partial charge < -0.3 is 15.8 Å². The van der Waals surface area contributed by atoms with Gasteiger partial charge in [-0.2, -0.15) is 0 Å². The minimum atomic E-state index is -0.627. The SMILES string of the molecule is NC(=O)c1ccsc1NC(=O)COC(=O)Cc1ccccc1. The van der Waals surface area contributed by atoms with Crippen molar-refractivity contribution >= 4 is 34.1 Å². The normalized spacial score (nSPS) is 10.0. The molecule has 0 saturated heterocycles. The van der Waals surface area contributed by atoms with Crippen LogP contribution in [-0.4, -0.2) is 24.4 Å². The van der Waals surface area contributed by atoms with Gasteiger partial charge >= 0.3 is 5.97 Å². The molecule has 0 saturated carbocycles. The summed E-state index contributed by atoms with van der Waals surface area (Å²) in [6.07, 6.45) is 0.0969. The molecule has 2 rings (SSSR count). The molecule has 22 heavy (non-hydrogen) atoms. The smallest absolute Gasteiger partial charge is 0.310 e. The second-order valence-corrected chi connectivity index (χ2v) is 5.32. The minimum Gasteiger partial charge on any atom is -0.455 e. The number of amides is 2. The number of primary amides is 1. The van der Waals surface area contributed by atoms with Crippen molar-refractivity contribution in [2.45, 2.75) is 6.42 Å². The van der Waals surface area contributed by atoms with E-state index < -0.39 is 24.4 Å². The highest BCUT2D eigenvalue weighted by molar-refractivity contribution is 7.14. The Morgan fingerprint density at radius 2 is 1.86 bits per heavy atom. The van der Waals surface area contributed by atoms with Crippen LogP contribution < -0.4 is 11.1 Å². The molecule has 0 aliphatic carbocycles. The molecule has 7 heteroatoms. The number of anilines is 1. The van der Waals surface area contributed by atoms with Gasteiger partial charge in [0.25, 0.3) is 11.8 Å². The van der Waals surface area contributed by atoms with Crippen LogP contribution in [0.1, 0.15) is 15.9 Å². The Kier molecular flexibility index (Phi) is 5.26. The van der Waals surface area contributed by atoms with Crippen LogP contribution in [0.4, 0.5) is 5.00 Å². The van der Waals surface area contributed by atoms with Gasteiger partial charge in [-0.1, -0.05) is 30.3 Å². The molecular weight excluding hydrogens is 304 g/mol. The maximum atomic E-state index is 11.7. The molecule has 0 bridgehead atoms. The molecule has 3 N–H and O–H groups in total. The second kappa shape index (κ2) is 7.37. The molecule has 0 fully saturated rings. The van der Waals surface area contributed by atoms with Crippen LogP contribution in [-0.2, 0) is 20.7 Å². The number of rotatable bonds is 6. The summed E-state index contributed by atoms with van der Waals surface area (Å²) in [5.41, 5.74) is 6.21. The molecule has 0 aliphatic rings. The van der Waals surface area contributed by atoms with E-state index in [2.05, 4.69) is 5.32 Å². The van der Waals surface area contributed by atoms with Crippen LogP contribution in [0.5, 0.6) is 0 Å². The monoisotopic (exact) mass is 318 g/mol. The van der Waals surface area contributed by atoms with Gasteiger partial charge in [0.1, 0.15) is 5.00 Å². The largest absolute Gasteiger partial charge is 0.455 e. The van der Waals surface area contributed by atoms with E-state index in [4.69, 9.17) is 10.5 Å². The first kappa shape index (κ1) is 15.7. The lowest BCUT2D eigenvalue weighted by atomic mass is 10.2. The maximum Gasteiger partial charge on any atom is 0.310 e. The maximum absolute atomic E-state index is 11.7. The molecule has 2 aromatic rings. The zero-order valence-corrected chi connectivity index (χ0v) is 12.4. The van der Waals surface area contributed by atoms with Crippen LogP contribution >= 0.6 is 11.3 Å². The van der Waals surface area contributed by atoms with E-state index in [1.165, 1.54) is 17.4 Å². The molecule has 2 amide bonds. The topological polar surface area (TPSA) is 98.5 Å². The molecule has 1 aromatic heterocycles. The summed E-state index contributed by atoms with van der Waals surface area (Å²) < 4.78 is 4.89. The van der Waals surface area contributed by atoms with E-state index in [1.807, 2.05) is 18.2 Å². The van der Waals surface area contributed by atoms with Gasteiger partial charge in [0, 0.05) is 0 Å². The predicted molar refractivity (Wildman–Crippen MR) is 82.6 cm³/mol. The van der Waals surface area contributed by atoms with Gasteiger partial charge in [-0.3, -0.25) is 14.4 Å². The summed E-state index contributed by atoms with van der Waals surface area (Å²) in [7, 11) is 0. The van der Waals surface area contributed by atoms with Crippen molar-refractivity contribution in [1.29, 1.82) is 0 Å². The van der Waals surface area contributed by atoms with Crippen LogP contribution in [0.2, 0.25) is 0 Å². The fourth-order valence-electron chi connectivity index (χ4n) is 1.72. The summed E-state index contributed by atoms with van der Waals surface area (Å²) in [5, 5.41) is 4.47. The highest BCUT2D eigenvalue weighted by Gasteiger charge is 2.14. The van der Waals surface area contributed by atoms with Crippen LogP contribution in [0.3, 0.4) is 0 Å². The first-order valence-corrected chi connectivity index (χ1v) is 7.31. The van der Waals surface area contributed by atoms with Crippen LogP contribution in [0.25, 0.3) is 0 Å². The van der Waals surface area contributed by atoms with Crippen molar-refractivity contribution in [2.75, 3.05) is 11.9 Å². The van der Waals surface area contributed by atoms with E-state index in [-0.39, 0.29) is 12.0 Å². The first-order valence-electron chi connectivity index (χ1n) is 6.43. The molecule has 0 aliphatic heterocycles. The Morgan fingerprint density at radius 3 is 2.55 bits per heavy atom. The van der Waals surface area contributed by atoms with Crippen molar-refractivity contribution in [3.8, 4) is 0 Å². The van der Waals surface area contributed by atoms with Crippen LogP contribution in [0, 0.1) is 0 Å². The van der Waals surface area contributed by atoms with E-state index in [1.54, 1.807) is 17.5 Å². The van der Waals surface area contributed by atoms with Crippen molar-refractivity contribution in [2.24, 2.45) is 5.73 Å². The van der Waals surface area contributed by atoms with E-state index in [9.17, 15) is 14.4 Å². The molecule has 0 unspecified atom stereocenters. The van der Waals surface area contributed by atoms with Gasteiger partial charge in [0.2, 0.25) is 0 Å². The Labute approximate surface area is 130 Å². The van der Waals surface area contributed by atoms with E-state index in [0.717, 1.165) is 5.56 Å². The Hall–Kier alpha value is -2.67. The van der Waals surface area contributed by atoms with Crippen molar-refractivity contribution < 1.29 is 19.1 Å². The number of esters is 1. The van der Waals surface area contributed by atoms with Gasteiger partial charge in [-0.15, -0.1) is 11.3 Å². The number of carbonyl (C=O) groups excluding carboxylic acids is 3. The van der Waals surface area contributed by atoms with Gasteiger partial charge in [-0.05, 0) is 17.0 Å². The zero-order chi connectivity index (χ0) is 15.9. The van der Waals surface area contributed by atoms with E-state index >= 15 is 0 Å². The van der Waals surface area contributed by atoms with Gasteiger partial charge in [-0.25, -0.2) is 0 Å². The molecular formula is C15H14N2O4S. The third-order valence-corrected chi connectivity index (χ3v) is 3.57. The predicted octanol–water partition coefficient (Wildman–Crippen LogP) is 1.57. The van der Waals surface area contributed by atoms with Crippen molar-refractivity contribution in [3.05, 3.63) is 52.9 Å². The minimum absolute atomic E-state index is 0.0969. The fraction of sp³-hybridized carbons (Fsp3) is 0.133. The third-order valence-electron chi connectivity index (χ3n) is 2.74. The lowest BCUT2D eigenvalue weighted by molar-refractivity contribution is -0.146. The molecule has 0 radical (unpaired) electrons. The summed E-state index contributed by atoms with van der Waals surface area (Å²) in [4.78, 5) is 34.5. The number of benzene rings is 1. The number of nitrogens with two attached hydrogens (primary N) is 1. The summed E-state index contributed by atoms with van der Waals surface area (Å²) in [6, 6.07) is 10.6. The average molecular weight is 318 g/mol. The lowest BCUT2D eigenvalue weighted by Gasteiger charge is -2.06. The lowest BCUT2D eigenvalue weighted by Crippen LogP contribution is -2.22. The number of thiophene rings is 1. The first-order chi connectivity index (χ1) is 10.6. The fourth-order valence-corrected chi connectivity index (χ4v) is 2.53. The van der Waals surface area contributed by atoms with Crippen molar-refractivity contribution in [3.63, 3.8) is 0 Å². The number of ether oxygens (including phenoxy) is 1. The molecule has 0 atom stereocenters. The number of hydrogen-bond donors (Lipinski definition) is 2. The Morgan fingerprint density at radius 1 is 1.14 bits per heavy atom. The number of carbonyl (C=O) groups is 3. The van der Waals surface area contributed by atoms with E-state index in [0.29, 0.717) is 5.00 Å². The standard InChI is InChI=1S/C15H14N2O4S/c16-14(20)11-6-7-22-15(11)17-12(18)9-21-13(19)8-10-4-2-1-3-5-10/h1-7H,8-9H2,(H2,16,20)(H,17,18). The van der Waals surface area contributed by atoms with Gasteiger partial charge in [0.15, 0.2) is 6.61 Å². The van der Waals surface area contributed by atoms with Crippen molar-refractivity contribution in [1.82, 2.24) is 0 Å². The second-order valence-electron chi connectivity index (χ2n) is 4.40. The molecule has 0 spiro atoms. The quantitative estimate of drug-likeness (QED) is 0.790. The summed E-state index contributed by atoms with van der Waals surface area (Å²) in [6.45, 7) is -0.415. The molecule has 114 valence electrons. The molecule has 1 heterocycles. The highest BCUT2D eigenvalue weighted by atomic mass is 32.1. The average Bonchev–Trinajstić information content (AvgIpc) is 2.94. The number of nitrogens with one attached hydrogen (secondary N) is 1. The molecule has 1 aromatic carbocycles. The summed E-state index contributed by atoms with van der Waals surface area (Å²) >= 11 is 1.17. The Balaban J connectivity index is 1.81. The number of hydrogen-bond acceptors (Lipinski definition) is 5.